The number of methoxy groups -OCH3 is 1. The average molecular weight is 276 g/mol. The normalized spacial score (nSPS) is 32.8. The first-order valence-corrected chi connectivity index (χ1v) is 4.70. The monoisotopic (exact) mass is 276 g/mol. The predicted octanol–water partition coefficient (Wildman–Crippen LogP) is 0.115. The van der Waals surface area contributed by atoms with Gasteiger partial charge in [0, 0.05) is 29.7 Å². The molecule has 0 aliphatic carbocycles. The Bertz CT molecular complexity index is 152. The second-order valence-electron chi connectivity index (χ2n) is 1.44. The third-order valence-electron chi connectivity index (χ3n) is 0.857. The minimum atomic E-state index is -2.42. The molecule has 10 heavy (non-hydrogen) atoms. The maximum atomic E-state index is 10.6. The maximum absolute atomic E-state index is 10.6. The molecule has 7 heteroatoms. The van der Waals surface area contributed by atoms with Crippen LogP contribution in [0.25, 0.3) is 0 Å². The van der Waals surface area contributed by atoms with Gasteiger partial charge in [-0.2, -0.15) is 0 Å². The summed E-state index contributed by atoms with van der Waals surface area (Å²) in [4.78, 5) is 0. The molecule has 0 aromatic heterocycles. The summed E-state index contributed by atoms with van der Waals surface area (Å²) >= 11 is 1.75. The van der Waals surface area contributed by atoms with Crippen LogP contribution < -0.4 is 0 Å². The number of halogens is 1. The third-order valence-corrected chi connectivity index (χ3v) is 3.03. The van der Waals surface area contributed by atoms with Crippen molar-refractivity contribution >= 4 is 31.8 Å². The largest absolute Gasteiger partial charge is 0.773 e. The highest BCUT2D eigenvalue weighted by Gasteiger charge is 2.39. The van der Waals surface area contributed by atoms with Gasteiger partial charge in [0.25, 0.3) is 0 Å². The molecule has 0 saturated carbocycles. The molecule has 1 rings (SSSR count). The van der Waals surface area contributed by atoms with Crippen LogP contribution in [0.3, 0.4) is 0 Å². The number of hydrogen-bond acceptors (Lipinski definition) is 5. The zero-order valence-corrected chi connectivity index (χ0v) is 8.28. The lowest BCUT2D eigenvalue weighted by Gasteiger charge is -2.28. The zero-order chi connectivity index (χ0) is 7.61. The van der Waals surface area contributed by atoms with E-state index in [1.807, 2.05) is 0 Å². The van der Waals surface area contributed by atoms with Crippen molar-refractivity contribution in [3.63, 3.8) is 0 Å². The molecule has 1 heterocycles. The summed E-state index contributed by atoms with van der Waals surface area (Å²) in [5.41, 5.74) is 0. The SMILES string of the molecule is COC1(I)OCO[Si](=O)O1. The molecular weight excluding hydrogens is 271 g/mol. The van der Waals surface area contributed by atoms with Crippen LogP contribution in [0.15, 0.2) is 0 Å². The first kappa shape index (κ1) is 8.36. The molecule has 0 bridgehead atoms. The highest BCUT2D eigenvalue weighted by atomic mass is 127. The van der Waals surface area contributed by atoms with Crippen LogP contribution in [0.4, 0.5) is 0 Å². The predicted molar refractivity (Wildman–Crippen MR) is 38.3 cm³/mol. The van der Waals surface area contributed by atoms with Crippen molar-refractivity contribution in [2.75, 3.05) is 13.9 Å². The Morgan fingerprint density at radius 1 is 1.80 bits per heavy atom. The lowest BCUT2D eigenvalue weighted by molar-refractivity contribution is -0.307. The fourth-order valence-electron chi connectivity index (χ4n) is 0.407. The van der Waals surface area contributed by atoms with Gasteiger partial charge in [-0.05, 0) is 0 Å². The van der Waals surface area contributed by atoms with Crippen LogP contribution in [0.1, 0.15) is 0 Å². The molecule has 0 radical (unpaired) electrons. The van der Waals surface area contributed by atoms with E-state index in [-0.39, 0.29) is 6.79 Å². The van der Waals surface area contributed by atoms with Crippen molar-refractivity contribution in [1.29, 1.82) is 0 Å². The van der Waals surface area contributed by atoms with Crippen LogP contribution in [-0.4, -0.2) is 27.1 Å². The summed E-state index contributed by atoms with van der Waals surface area (Å²) in [6.07, 6.45) is 0. The van der Waals surface area contributed by atoms with E-state index in [0.717, 1.165) is 0 Å². The minimum Gasteiger partial charge on any atom is -0.472 e. The van der Waals surface area contributed by atoms with Gasteiger partial charge in [0.2, 0.25) is 0 Å². The van der Waals surface area contributed by atoms with Gasteiger partial charge in [-0.15, -0.1) is 0 Å². The van der Waals surface area contributed by atoms with Crippen molar-refractivity contribution < 1.29 is 22.8 Å². The molecule has 1 aliphatic heterocycles. The van der Waals surface area contributed by atoms with E-state index in [2.05, 4.69) is 8.85 Å². The second-order valence-corrected chi connectivity index (χ2v) is 3.76. The summed E-state index contributed by atoms with van der Waals surface area (Å²) in [5.74, 6) is 0. The van der Waals surface area contributed by atoms with Gasteiger partial charge < -0.3 is 13.6 Å². The zero-order valence-electron chi connectivity index (χ0n) is 5.13. The molecule has 0 aromatic carbocycles. The quantitative estimate of drug-likeness (QED) is 0.387. The van der Waals surface area contributed by atoms with Crippen molar-refractivity contribution in [2.24, 2.45) is 0 Å². The number of alkyl halides is 1. The van der Waals surface area contributed by atoms with Gasteiger partial charge in [0.05, 0.1) is 0 Å². The molecule has 1 aliphatic rings. The molecule has 0 aromatic rings. The van der Waals surface area contributed by atoms with Crippen LogP contribution in [0.2, 0.25) is 0 Å². The van der Waals surface area contributed by atoms with E-state index in [4.69, 9.17) is 9.47 Å². The van der Waals surface area contributed by atoms with Crippen LogP contribution in [0.5, 0.6) is 0 Å². The first-order chi connectivity index (χ1) is 4.66. The third kappa shape index (κ3) is 1.87. The second kappa shape index (κ2) is 3.11. The minimum absolute atomic E-state index is 0.0609. The van der Waals surface area contributed by atoms with E-state index in [1.54, 1.807) is 22.6 Å². The van der Waals surface area contributed by atoms with E-state index < -0.39 is 13.2 Å². The topological polar surface area (TPSA) is 54.0 Å². The van der Waals surface area contributed by atoms with Crippen molar-refractivity contribution in [1.82, 2.24) is 0 Å². The molecule has 1 fully saturated rings. The standard InChI is InChI=1S/C3H5IO5Si/c1-6-3(4)7-2-8-10(5)9-3/h2H2,1H3. The Labute approximate surface area is 72.6 Å². The first-order valence-electron chi connectivity index (χ1n) is 2.40. The summed E-state index contributed by atoms with van der Waals surface area (Å²) in [6.45, 7) is -0.0609. The van der Waals surface area contributed by atoms with E-state index in [9.17, 15) is 4.46 Å². The van der Waals surface area contributed by atoms with Gasteiger partial charge in [0.15, 0.2) is 6.79 Å². The Balaban J connectivity index is 2.53. The summed E-state index contributed by atoms with van der Waals surface area (Å²) in [7, 11) is -1.02. The lowest BCUT2D eigenvalue weighted by Crippen LogP contribution is -2.41. The molecule has 58 valence electrons. The lowest BCUT2D eigenvalue weighted by atomic mass is 11.2. The highest BCUT2D eigenvalue weighted by Crippen LogP contribution is 2.25. The molecular formula is C3H5IO5Si. The molecule has 0 N–H and O–H groups in total. The molecule has 0 amide bonds. The Morgan fingerprint density at radius 2 is 2.50 bits per heavy atom. The number of hydrogen-bond donors (Lipinski definition) is 0. The van der Waals surface area contributed by atoms with Gasteiger partial charge in [-0.3, -0.25) is 9.20 Å². The van der Waals surface area contributed by atoms with Gasteiger partial charge in [-0.25, -0.2) is 0 Å². The van der Waals surface area contributed by atoms with Gasteiger partial charge in [0.1, 0.15) is 0 Å². The summed E-state index contributed by atoms with van der Waals surface area (Å²) < 4.78 is 28.1. The highest BCUT2D eigenvalue weighted by molar-refractivity contribution is 14.1. The van der Waals surface area contributed by atoms with Crippen molar-refractivity contribution in [3.05, 3.63) is 0 Å². The Kier molecular flexibility index (Phi) is 2.60. The average Bonchev–Trinajstić information content (AvgIpc) is 1.88. The van der Waals surface area contributed by atoms with Crippen molar-refractivity contribution in [3.8, 4) is 0 Å². The van der Waals surface area contributed by atoms with Gasteiger partial charge in [-0.1, -0.05) is 0 Å². The smallest absolute Gasteiger partial charge is 0.472 e. The van der Waals surface area contributed by atoms with Crippen LogP contribution in [-0.2, 0) is 22.8 Å². The van der Waals surface area contributed by atoms with E-state index in [1.165, 1.54) is 7.11 Å². The van der Waals surface area contributed by atoms with Crippen LogP contribution in [0, 0.1) is 0 Å². The van der Waals surface area contributed by atoms with E-state index in [0.29, 0.717) is 0 Å². The summed E-state index contributed by atoms with van der Waals surface area (Å²) in [6, 6.07) is 0. The summed E-state index contributed by atoms with van der Waals surface area (Å²) in [5, 5.41) is 0. The van der Waals surface area contributed by atoms with Gasteiger partial charge >= 0.3 is 13.2 Å². The van der Waals surface area contributed by atoms with Crippen molar-refractivity contribution in [2.45, 2.75) is 3.98 Å². The number of rotatable bonds is 1. The molecule has 0 spiro atoms. The Morgan fingerprint density at radius 3 is 2.90 bits per heavy atom. The fourth-order valence-corrected chi connectivity index (χ4v) is 1.63. The Hall–Kier alpha value is 0.267. The van der Waals surface area contributed by atoms with Crippen LogP contribution >= 0.6 is 22.6 Å². The molecule has 1 saturated heterocycles. The molecule has 5 nitrogen and oxygen atoms in total. The maximum Gasteiger partial charge on any atom is 0.773 e. The fraction of sp³-hybridized carbons (Fsp3) is 1.00. The van der Waals surface area contributed by atoms with E-state index >= 15 is 0 Å². The molecule has 1 atom stereocenters. The molecule has 1 unspecified atom stereocenters. The number of ether oxygens (including phenoxy) is 2.